The van der Waals surface area contributed by atoms with Crippen LogP contribution in [0.3, 0.4) is 0 Å². The van der Waals surface area contributed by atoms with E-state index in [2.05, 4.69) is 5.32 Å². The molecule has 0 heterocycles. The Labute approximate surface area is 131 Å². The highest BCUT2D eigenvalue weighted by Gasteiger charge is 2.11. The fraction of sp³-hybridized carbons (Fsp3) is 0.188. The van der Waals surface area contributed by atoms with Crippen LogP contribution in [-0.4, -0.2) is 16.4 Å². The number of rotatable bonds is 4. The lowest BCUT2D eigenvalue weighted by atomic mass is 10.1. The van der Waals surface area contributed by atoms with Crippen molar-refractivity contribution in [2.45, 2.75) is 17.9 Å². The molecule has 2 atom stereocenters. The molecule has 2 aromatic rings. The van der Waals surface area contributed by atoms with E-state index in [0.717, 1.165) is 5.56 Å². The normalized spacial score (nSPS) is 13.5. The van der Waals surface area contributed by atoms with Gasteiger partial charge in [-0.05, 0) is 48.9 Å². The van der Waals surface area contributed by atoms with Gasteiger partial charge in [0.1, 0.15) is 0 Å². The third-order valence-corrected chi connectivity index (χ3v) is 4.35. The molecule has 0 saturated carbocycles. The highest BCUT2D eigenvalue weighted by molar-refractivity contribution is 7.84. The van der Waals surface area contributed by atoms with Crippen molar-refractivity contribution in [3.05, 3.63) is 64.7 Å². The summed E-state index contributed by atoms with van der Waals surface area (Å²) in [6, 6.07) is 14.0. The number of amides is 1. The Balaban J connectivity index is 2.06. The highest BCUT2D eigenvalue weighted by atomic mass is 35.5. The van der Waals surface area contributed by atoms with Crippen LogP contribution < -0.4 is 5.32 Å². The molecule has 110 valence electrons. The summed E-state index contributed by atoms with van der Waals surface area (Å²) in [6.45, 7) is 1.91. The average molecular weight is 322 g/mol. The second kappa shape index (κ2) is 6.87. The van der Waals surface area contributed by atoms with E-state index in [1.165, 1.54) is 0 Å². The van der Waals surface area contributed by atoms with Gasteiger partial charge in [-0.15, -0.1) is 0 Å². The van der Waals surface area contributed by atoms with Crippen LogP contribution in [0.15, 0.2) is 53.4 Å². The molecule has 0 bridgehead atoms. The third kappa shape index (κ3) is 4.16. The summed E-state index contributed by atoms with van der Waals surface area (Å²) < 4.78 is 11.3. The van der Waals surface area contributed by atoms with Gasteiger partial charge in [0.15, 0.2) is 0 Å². The molecule has 0 fully saturated rings. The van der Waals surface area contributed by atoms with E-state index in [-0.39, 0.29) is 11.9 Å². The van der Waals surface area contributed by atoms with Crippen LogP contribution >= 0.6 is 11.6 Å². The van der Waals surface area contributed by atoms with Gasteiger partial charge in [-0.2, -0.15) is 0 Å². The maximum absolute atomic E-state index is 12.2. The number of benzene rings is 2. The molecule has 1 N–H and O–H groups in total. The van der Waals surface area contributed by atoms with Gasteiger partial charge in [0, 0.05) is 32.5 Å². The molecule has 3 nitrogen and oxygen atoms in total. The van der Waals surface area contributed by atoms with E-state index in [9.17, 15) is 9.00 Å². The zero-order valence-corrected chi connectivity index (χ0v) is 13.4. The number of hydrogen-bond acceptors (Lipinski definition) is 2. The van der Waals surface area contributed by atoms with Gasteiger partial charge in [0.05, 0.1) is 6.04 Å². The van der Waals surface area contributed by atoms with E-state index in [0.29, 0.717) is 15.5 Å². The van der Waals surface area contributed by atoms with Crippen molar-refractivity contribution in [3.63, 3.8) is 0 Å². The zero-order valence-electron chi connectivity index (χ0n) is 11.8. The molecule has 1 amide bonds. The van der Waals surface area contributed by atoms with Crippen molar-refractivity contribution in [1.82, 2.24) is 5.32 Å². The van der Waals surface area contributed by atoms with Crippen LogP contribution in [0.2, 0.25) is 5.02 Å². The van der Waals surface area contributed by atoms with Gasteiger partial charge >= 0.3 is 0 Å². The Kier molecular flexibility index (Phi) is 5.15. The fourth-order valence-corrected chi connectivity index (χ4v) is 2.56. The fourth-order valence-electron chi connectivity index (χ4n) is 1.91. The number of hydrogen-bond donors (Lipinski definition) is 1. The minimum atomic E-state index is -1.04. The summed E-state index contributed by atoms with van der Waals surface area (Å²) in [5, 5.41) is 3.59. The summed E-state index contributed by atoms with van der Waals surface area (Å²) in [4.78, 5) is 12.9. The molecule has 0 aliphatic carbocycles. The minimum Gasteiger partial charge on any atom is -0.346 e. The SMILES string of the molecule is CC(NC(=O)c1ccc(S(C)=O)cc1)c1ccc(Cl)cc1. The first-order valence-electron chi connectivity index (χ1n) is 6.47. The summed E-state index contributed by atoms with van der Waals surface area (Å²) in [6.07, 6.45) is 1.61. The molecular formula is C16H16ClNO2S. The minimum absolute atomic E-state index is 0.116. The zero-order chi connectivity index (χ0) is 15.4. The van der Waals surface area contributed by atoms with Gasteiger partial charge < -0.3 is 5.32 Å². The topological polar surface area (TPSA) is 46.2 Å². The van der Waals surface area contributed by atoms with E-state index in [4.69, 9.17) is 11.6 Å². The van der Waals surface area contributed by atoms with Crippen molar-refractivity contribution < 1.29 is 9.00 Å². The van der Waals surface area contributed by atoms with Gasteiger partial charge in [-0.3, -0.25) is 9.00 Å². The number of carbonyl (C=O) groups excluding carboxylic acids is 1. The van der Waals surface area contributed by atoms with E-state index in [1.54, 1.807) is 42.7 Å². The second-order valence-electron chi connectivity index (χ2n) is 4.73. The maximum atomic E-state index is 12.2. The molecule has 0 saturated heterocycles. The van der Waals surface area contributed by atoms with Crippen LogP contribution in [0.25, 0.3) is 0 Å². The molecular weight excluding hydrogens is 306 g/mol. The average Bonchev–Trinajstić information content (AvgIpc) is 2.47. The number of nitrogens with one attached hydrogen (secondary N) is 1. The maximum Gasteiger partial charge on any atom is 0.251 e. The van der Waals surface area contributed by atoms with Crippen molar-refractivity contribution in [1.29, 1.82) is 0 Å². The van der Waals surface area contributed by atoms with Crippen molar-refractivity contribution in [2.24, 2.45) is 0 Å². The molecule has 5 heteroatoms. The molecule has 2 rings (SSSR count). The van der Waals surface area contributed by atoms with Gasteiger partial charge in [0.25, 0.3) is 5.91 Å². The first-order chi connectivity index (χ1) is 9.97. The van der Waals surface area contributed by atoms with E-state index in [1.807, 2.05) is 19.1 Å². The Morgan fingerprint density at radius 2 is 1.67 bits per heavy atom. The molecule has 0 spiro atoms. The first kappa shape index (κ1) is 15.7. The molecule has 2 aromatic carbocycles. The lowest BCUT2D eigenvalue weighted by Gasteiger charge is -2.14. The summed E-state index contributed by atoms with van der Waals surface area (Å²) in [5.74, 6) is -0.161. The largest absolute Gasteiger partial charge is 0.346 e. The molecule has 0 aliphatic rings. The highest BCUT2D eigenvalue weighted by Crippen LogP contribution is 2.17. The van der Waals surface area contributed by atoms with Crippen molar-refractivity contribution in [3.8, 4) is 0 Å². The van der Waals surface area contributed by atoms with Gasteiger partial charge in [-0.1, -0.05) is 23.7 Å². The van der Waals surface area contributed by atoms with E-state index >= 15 is 0 Å². The Bertz CT molecular complexity index is 653. The lowest BCUT2D eigenvalue weighted by Crippen LogP contribution is -2.26. The van der Waals surface area contributed by atoms with Crippen LogP contribution in [0.5, 0.6) is 0 Å². The smallest absolute Gasteiger partial charge is 0.251 e. The Hall–Kier alpha value is -1.65. The van der Waals surface area contributed by atoms with Crippen LogP contribution in [0.1, 0.15) is 28.9 Å². The van der Waals surface area contributed by atoms with Crippen LogP contribution in [0.4, 0.5) is 0 Å². The van der Waals surface area contributed by atoms with Crippen LogP contribution in [-0.2, 0) is 10.8 Å². The quantitative estimate of drug-likeness (QED) is 0.935. The number of carbonyl (C=O) groups is 1. The first-order valence-corrected chi connectivity index (χ1v) is 8.41. The predicted molar refractivity (Wildman–Crippen MR) is 86.1 cm³/mol. The van der Waals surface area contributed by atoms with E-state index < -0.39 is 10.8 Å². The van der Waals surface area contributed by atoms with Crippen molar-refractivity contribution >= 4 is 28.3 Å². The number of halogens is 1. The third-order valence-electron chi connectivity index (χ3n) is 3.17. The summed E-state index contributed by atoms with van der Waals surface area (Å²) in [5.41, 5.74) is 1.53. The molecule has 21 heavy (non-hydrogen) atoms. The lowest BCUT2D eigenvalue weighted by molar-refractivity contribution is 0.0940. The standard InChI is InChI=1S/C16H16ClNO2S/c1-11(12-3-7-14(17)8-4-12)18-16(19)13-5-9-15(10-6-13)21(2)20/h3-11H,1-2H3,(H,18,19). The second-order valence-corrected chi connectivity index (χ2v) is 6.54. The summed E-state index contributed by atoms with van der Waals surface area (Å²) in [7, 11) is -1.04. The molecule has 0 radical (unpaired) electrons. The summed E-state index contributed by atoms with van der Waals surface area (Å²) >= 11 is 5.85. The molecule has 0 aliphatic heterocycles. The monoisotopic (exact) mass is 321 g/mol. The predicted octanol–water partition coefficient (Wildman–Crippen LogP) is 3.57. The Morgan fingerprint density at radius 3 is 2.19 bits per heavy atom. The Morgan fingerprint density at radius 1 is 1.10 bits per heavy atom. The molecule has 2 unspecified atom stereocenters. The van der Waals surface area contributed by atoms with Gasteiger partial charge in [0.2, 0.25) is 0 Å². The van der Waals surface area contributed by atoms with Gasteiger partial charge in [-0.25, -0.2) is 0 Å². The van der Waals surface area contributed by atoms with Crippen LogP contribution in [0, 0.1) is 0 Å². The molecule has 0 aromatic heterocycles. The van der Waals surface area contributed by atoms with Crippen molar-refractivity contribution in [2.75, 3.05) is 6.26 Å².